The van der Waals surface area contributed by atoms with Crippen LogP contribution < -0.4 is 20.3 Å². The molecule has 2 amide bonds. The van der Waals surface area contributed by atoms with Crippen molar-refractivity contribution in [1.82, 2.24) is 10.9 Å². The number of benzene rings is 2. The average Bonchev–Trinajstić information content (AvgIpc) is 2.71. The van der Waals surface area contributed by atoms with Crippen molar-refractivity contribution in [3.05, 3.63) is 58.1 Å². The van der Waals surface area contributed by atoms with Gasteiger partial charge in [-0.1, -0.05) is 55.1 Å². The molecule has 8 heteroatoms. The van der Waals surface area contributed by atoms with Crippen LogP contribution in [0.4, 0.5) is 0 Å². The first-order valence-electron chi connectivity index (χ1n) is 9.36. The van der Waals surface area contributed by atoms with Crippen molar-refractivity contribution in [2.45, 2.75) is 39.2 Å². The van der Waals surface area contributed by atoms with Crippen molar-refractivity contribution in [3.63, 3.8) is 0 Å². The van der Waals surface area contributed by atoms with E-state index in [1.54, 1.807) is 36.4 Å². The van der Waals surface area contributed by atoms with Gasteiger partial charge in [-0.05, 0) is 43.7 Å². The maximum atomic E-state index is 12.4. The number of rotatable bonds is 9. The molecule has 2 aromatic carbocycles. The molecule has 0 heterocycles. The number of hydrazine groups is 1. The Labute approximate surface area is 180 Å². The molecule has 0 fully saturated rings. The van der Waals surface area contributed by atoms with Crippen molar-refractivity contribution >= 4 is 35.0 Å². The highest BCUT2D eigenvalue weighted by Crippen LogP contribution is 2.28. The van der Waals surface area contributed by atoms with E-state index in [1.165, 1.54) is 13.0 Å². The van der Waals surface area contributed by atoms with Crippen LogP contribution >= 0.6 is 23.2 Å². The van der Waals surface area contributed by atoms with Crippen molar-refractivity contribution in [2.75, 3.05) is 6.61 Å². The Morgan fingerprint density at radius 3 is 2.52 bits per heavy atom. The van der Waals surface area contributed by atoms with E-state index in [2.05, 4.69) is 17.8 Å². The Morgan fingerprint density at radius 1 is 1.03 bits per heavy atom. The minimum absolute atomic E-state index is 0.287. The molecule has 6 nitrogen and oxygen atoms in total. The summed E-state index contributed by atoms with van der Waals surface area (Å²) in [6.07, 6.45) is 2.15. The number of para-hydroxylation sites is 1. The number of amides is 2. The van der Waals surface area contributed by atoms with Gasteiger partial charge in [-0.2, -0.15) is 0 Å². The van der Waals surface area contributed by atoms with Crippen molar-refractivity contribution in [1.29, 1.82) is 0 Å². The Kier molecular flexibility index (Phi) is 9.09. The zero-order valence-electron chi connectivity index (χ0n) is 16.3. The van der Waals surface area contributed by atoms with E-state index in [0.717, 1.165) is 19.3 Å². The molecule has 1 atom stereocenters. The van der Waals surface area contributed by atoms with Crippen LogP contribution in [0.3, 0.4) is 0 Å². The summed E-state index contributed by atoms with van der Waals surface area (Å²) in [4.78, 5) is 24.7. The van der Waals surface area contributed by atoms with Crippen LogP contribution in [-0.4, -0.2) is 24.5 Å². The van der Waals surface area contributed by atoms with Gasteiger partial charge in [-0.15, -0.1) is 0 Å². The van der Waals surface area contributed by atoms with E-state index in [0.29, 0.717) is 28.7 Å². The van der Waals surface area contributed by atoms with E-state index in [4.69, 9.17) is 32.7 Å². The number of ether oxygens (including phenoxy) is 2. The number of hydrogen-bond donors (Lipinski definition) is 2. The Bertz CT molecular complexity index is 845. The molecule has 1 unspecified atom stereocenters. The maximum Gasteiger partial charge on any atom is 0.279 e. The molecule has 2 rings (SSSR count). The lowest BCUT2D eigenvalue weighted by Crippen LogP contribution is -2.47. The average molecular weight is 439 g/mol. The smallest absolute Gasteiger partial charge is 0.279 e. The fourth-order valence-corrected chi connectivity index (χ4v) is 2.87. The van der Waals surface area contributed by atoms with Crippen LogP contribution in [0.5, 0.6) is 11.5 Å². The number of halogens is 2. The summed E-state index contributed by atoms with van der Waals surface area (Å²) >= 11 is 11.9. The number of carbonyl (C=O) groups excluding carboxylic acids is 2. The molecule has 0 aliphatic rings. The second-order valence-electron chi connectivity index (χ2n) is 6.33. The molecular weight excluding hydrogens is 415 g/mol. The highest BCUT2D eigenvalue weighted by atomic mass is 35.5. The first-order chi connectivity index (χ1) is 13.9. The monoisotopic (exact) mass is 438 g/mol. The van der Waals surface area contributed by atoms with Gasteiger partial charge in [0.2, 0.25) is 0 Å². The Balaban J connectivity index is 1.90. The third kappa shape index (κ3) is 7.15. The van der Waals surface area contributed by atoms with E-state index < -0.39 is 17.9 Å². The summed E-state index contributed by atoms with van der Waals surface area (Å²) < 4.78 is 11.2. The number of unbranched alkanes of at least 4 members (excludes halogenated alkanes) is 2. The normalized spacial score (nSPS) is 11.4. The first kappa shape index (κ1) is 22.8. The van der Waals surface area contributed by atoms with Gasteiger partial charge in [0, 0.05) is 5.02 Å². The Morgan fingerprint density at radius 2 is 1.79 bits per heavy atom. The number of nitrogens with one attached hydrogen (secondary N) is 2. The number of carbonyl (C=O) groups is 2. The largest absolute Gasteiger partial charge is 0.493 e. The summed E-state index contributed by atoms with van der Waals surface area (Å²) in [6, 6.07) is 11.6. The quantitative estimate of drug-likeness (QED) is 0.435. The predicted molar refractivity (Wildman–Crippen MR) is 114 cm³/mol. The molecule has 29 heavy (non-hydrogen) atoms. The van der Waals surface area contributed by atoms with E-state index >= 15 is 0 Å². The van der Waals surface area contributed by atoms with Gasteiger partial charge in [-0.25, -0.2) is 0 Å². The van der Waals surface area contributed by atoms with Crippen LogP contribution in [0.25, 0.3) is 0 Å². The van der Waals surface area contributed by atoms with Gasteiger partial charge in [0.25, 0.3) is 11.8 Å². The van der Waals surface area contributed by atoms with E-state index in [9.17, 15) is 9.59 Å². The first-order valence-corrected chi connectivity index (χ1v) is 10.1. The van der Waals surface area contributed by atoms with E-state index in [-0.39, 0.29) is 5.02 Å². The summed E-state index contributed by atoms with van der Waals surface area (Å²) in [6.45, 7) is 4.17. The lowest BCUT2D eigenvalue weighted by atomic mass is 10.2. The predicted octanol–water partition coefficient (Wildman–Crippen LogP) is 4.79. The minimum Gasteiger partial charge on any atom is -0.493 e. The number of hydrogen-bond acceptors (Lipinski definition) is 4. The van der Waals surface area contributed by atoms with Crippen LogP contribution in [0.15, 0.2) is 42.5 Å². The van der Waals surface area contributed by atoms with Gasteiger partial charge >= 0.3 is 0 Å². The zero-order valence-corrected chi connectivity index (χ0v) is 17.8. The molecule has 0 aliphatic heterocycles. The van der Waals surface area contributed by atoms with Gasteiger partial charge in [0.15, 0.2) is 6.10 Å². The summed E-state index contributed by atoms with van der Waals surface area (Å²) in [7, 11) is 0. The molecule has 0 bridgehead atoms. The van der Waals surface area contributed by atoms with Gasteiger partial charge < -0.3 is 9.47 Å². The van der Waals surface area contributed by atoms with Crippen LogP contribution in [0.1, 0.15) is 43.5 Å². The van der Waals surface area contributed by atoms with Crippen LogP contribution in [0.2, 0.25) is 10.0 Å². The second-order valence-corrected chi connectivity index (χ2v) is 7.17. The molecule has 2 N–H and O–H groups in total. The topological polar surface area (TPSA) is 76.7 Å². The highest BCUT2D eigenvalue weighted by molar-refractivity contribution is 6.35. The van der Waals surface area contributed by atoms with Gasteiger partial charge in [0.05, 0.1) is 17.2 Å². The molecule has 0 aromatic heterocycles. The molecule has 0 spiro atoms. The molecule has 0 saturated heterocycles. The lowest BCUT2D eigenvalue weighted by Gasteiger charge is -2.16. The standard InChI is InChI=1S/C21H24Cl2N2O4/c1-3-4-7-12-28-18-9-6-5-8-16(18)21(27)25-24-20(26)14(2)29-19-11-10-15(22)13-17(19)23/h5-6,8-11,13-14H,3-4,7,12H2,1-2H3,(H,24,26)(H,25,27). The molecule has 2 aromatic rings. The van der Waals surface area contributed by atoms with Crippen molar-refractivity contribution in [2.24, 2.45) is 0 Å². The van der Waals surface area contributed by atoms with Crippen molar-refractivity contribution < 1.29 is 19.1 Å². The summed E-state index contributed by atoms with van der Waals surface area (Å²) in [5.74, 6) is -0.240. The molecule has 156 valence electrons. The van der Waals surface area contributed by atoms with Gasteiger partial charge in [0.1, 0.15) is 11.5 Å². The lowest BCUT2D eigenvalue weighted by molar-refractivity contribution is -0.128. The SMILES string of the molecule is CCCCCOc1ccccc1C(=O)NNC(=O)C(C)Oc1ccc(Cl)cc1Cl. The highest BCUT2D eigenvalue weighted by Gasteiger charge is 2.18. The summed E-state index contributed by atoms with van der Waals surface area (Å²) in [5, 5.41) is 0.748. The van der Waals surface area contributed by atoms with E-state index in [1.807, 2.05) is 0 Å². The van der Waals surface area contributed by atoms with Crippen LogP contribution in [0, 0.1) is 0 Å². The molecule has 0 saturated carbocycles. The van der Waals surface area contributed by atoms with Crippen LogP contribution in [-0.2, 0) is 4.79 Å². The third-order valence-electron chi connectivity index (χ3n) is 4.00. The second kappa shape index (κ2) is 11.5. The maximum absolute atomic E-state index is 12.4. The molecule has 0 aliphatic carbocycles. The third-order valence-corrected chi connectivity index (χ3v) is 4.53. The summed E-state index contributed by atoms with van der Waals surface area (Å²) in [5.41, 5.74) is 5.06. The van der Waals surface area contributed by atoms with Gasteiger partial charge in [-0.3, -0.25) is 20.4 Å². The molecule has 0 radical (unpaired) electrons. The fourth-order valence-electron chi connectivity index (χ4n) is 2.42. The zero-order chi connectivity index (χ0) is 21.2. The molecular formula is C21H24Cl2N2O4. The van der Waals surface area contributed by atoms with Crippen molar-refractivity contribution in [3.8, 4) is 11.5 Å². The Hall–Kier alpha value is -2.44. The fraction of sp³-hybridized carbons (Fsp3) is 0.333. The minimum atomic E-state index is -0.894.